The number of aliphatic imine (C=N–C) groups is 1. The molecule has 1 fully saturated rings. The van der Waals surface area contributed by atoms with Gasteiger partial charge in [0.2, 0.25) is 0 Å². The maximum absolute atomic E-state index is 12.0. The molecule has 1 unspecified atom stereocenters. The SMILES string of the molecule is CCNC(=O)c1cccc(CN=C(NCC)NCCN2CCCCC2CC)c1.I. The van der Waals surface area contributed by atoms with Crippen LogP contribution in [0.5, 0.6) is 0 Å². The van der Waals surface area contributed by atoms with Crippen molar-refractivity contribution in [3.05, 3.63) is 35.4 Å². The minimum absolute atomic E-state index is 0. The number of benzene rings is 1. The molecule has 1 atom stereocenters. The summed E-state index contributed by atoms with van der Waals surface area (Å²) in [6, 6.07) is 8.40. The first-order valence-electron chi connectivity index (χ1n) is 10.8. The molecule has 1 saturated heterocycles. The number of rotatable bonds is 9. The third-order valence-corrected chi connectivity index (χ3v) is 5.20. The fourth-order valence-corrected chi connectivity index (χ4v) is 3.72. The van der Waals surface area contributed by atoms with E-state index in [2.05, 4.69) is 34.7 Å². The van der Waals surface area contributed by atoms with Crippen LogP contribution in [0, 0.1) is 0 Å². The number of hydrogen-bond donors (Lipinski definition) is 3. The smallest absolute Gasteiger partial charge is 0.251 e. The van der Waals surface area contributed by atoms with Gasteiger partial charge in [0.1, 0.15) is 0 Å². The summed E-state index contributed by atoms with van der Waals surface area (Å²) in [4.78, 5) is 19.3. The topological polar surface area (TPSA) is 68.8 Å². The van der Waals surface area contributed by atoms with Crippen molar-refractivity contribution in [2.24, 2.45) is 4.99 Å². The number of hydrogen-bond acceptors (Lipinski definition) is 3. The van der Waals surface area contributed by atoms with Crippen molar-refractivity contribution in [2.45, 2.75) is 59.0 Å². The molecule has 1 aromatic rings. The van der Waals surface area contributed by atoms with Crippen molar-refractivity contribution in [1.82, 2.24) is 20.9 Å². The van der Waals surface area contributed by atoms with E-state index < -0.39 is 0 Å². The Kier molecular flexibility index (Phi) is 12.9. The van der Waals surface area contributed by atoms with E-state index in [9.17, 15) is 4.79 Å². The quantitative estimate of drug-likeness (QED) is 0.268. The Bertz CT molecular complexity index is 637. The van der Waals surface area contributed by atoms with Gasteiger partial charge in [0, 0.05) is 37.8 Å². The van der Waals surface area contributed by atoms with Gasteiger partial charge in [0.25, 0.3) is 5.91 Å². The van der Waals surface area contributed by atoms with Gasteiger partial charge in [0.05, 0.1) is 6.54 Å². The molecule has 6 nitrogen and oxygen atoms in total. The Morgan fingerprint density at radius 1 is 1.14 bits per heavy atom. The molecule has 0 bridgehead atoms. The highest BCUT2D eigenvalue weighted by Gasteiger charge is 2.19. The van der Waals surface area contributed by atoms with Gasteiger partial charge < -0.3 is 16.0 Å². The first-order valence-corrected chi connectivity index (χ1v) is 10.8. The van der Waals surface area contributed by atoms with Crippen LogP contribution in [0.15, 0.2) is 29.3 Å². The molecule has 0 aliphatic carbocycles. The van der Waals surface area contributed by atoms with Crippen LogP contribution in [-0.2, 0) is 6.54 Å². The number of piperidine rings is 1. The molecule has 3 N–H and O–H groups in total. The summed E-state index contributed by atoms with van der Waals surface area (Å²) >= 11 is 0. The lowest BCUT2D eigenvalue weighted by Crippen LogP contribution is -2.45. The third-order valence-electron chi connectivity index (χ3n) is 5.20. The van der Waals surface area contributed by atoms with Gasteiger partial charge in [-0.25, -0.2) is 4.99 Å². The van der Waals surface area contributed by atoms with Crippen LogP contribution in [0.3, 0.4) is 0 Å². The highest BCUT2D eigenvalue weighted by atomic mass is 127. The van der Waals surface area contributed by atoms with Crippen LogP contribution >= 0.6 is 24.0 Å². The van der Waals surface area contributed by atoms with Crippen molar-refractivity contribution in [3.8, 4) is 0 Å². The normalized spacial score (nSPS) is 17.3. The lowest BCUT2D eigenvalue weighted by molar-refractivity contribution is 0.0955. The Morgan fingerprint density at radius 2 is 1.93 bits per heavy atom. The molecule has 1 amide bonds. The van der Waals surface area contributed by atoms with Gasteiger partial charge in [-0.15, -0.1) is 24.0 Å². The number of nitrogens with zero attached hydrogens (tertiary/aromatic N) is 2. The number of likely N-dealkylation sites (tertiary alicyclic amines) is 1. The van der Waals surface area contributed by atoms with Crippen molar-refractivity contribution < 1.29 is 4.79 Å². The van der Waals surface area contributed by atoms with Gasteiger partial charge >= 0.3 is 0 Å². The van der Waals surface area contributed by atoms with Crippen LogP contribution in [0.25, 0.3) is 0 Å². The summed E-state index contributed by atoms with van der Waals surface area (Å²) in [5.41, 5.74) is 1.71. The van der Waals surface area contributed by atoms with Crippen LogP contribution in [0.4, 0.5) is 0 Å². The van der Waals surface area contributed by atoms with Crippen LogP contribution < -0.4 is 16.0 Å². The first kappa shape index (κ1) is 25.7. The van der Waals surface area contributed by atoms with E-state index in [0.717, 1.165) is 37.2 Å². The van der Waals surface area contributed by atoms with Gasteiger partial charge in [-0.3, -0.25) is 9.69 Å². The van der Waals surface area contributed by atoms with E-state index in [1.54, 1.807) is 0 Å². The number of halogens is 1. The molecular formula is C22H38IN5O. The van der Waals surface area contributed by atoms with Gasteiger partial charge in [0.15, 0.2) is 5.96 Å². The van der Waals surface area contributed by atoms with Crippen molar-refractivity contribution in [2.75, 3.05) is 32.7 Å². The molecule has 0 aromatic heterocycles. The van der Waals surface area contributed by atoms with E-state index in [0.29, 0.717) is 18.7 Å². The van der Waals surface area contributed by atoms with Crippen molar-refractivity contribution in [3.63, 3.8) is 0 Å². The largest absolute Gasteiger partial charge is 0.357 e. The van der Waals surface area contributed by atoms with Crippen molar-refractivity contribution in [1.29, 1.82) is 0 Å². The summed E-state index contributed by atoms with van der Waals surface area (Å²) in [7, 11) is 0. The molecule has 164 valence electrons. The number of carbonyl (C=O) groups excluding carboxylic acids is 1. The zero-order valence-electron chi connectivity index (χ0n) is 18.2. The molecule has 1 aromatic carbocycles. The maximum Gasteiger partial charge on any atom is 0.251 e. The molecular weight excluding hydrogens is 477 g/mol. The summed E-state index contributed by atoms with van der Waals surface area (Å²) in [6.07, 6.45) is 5.23. The number of nitrogens with one attached hydrogen (secondary N) is 3. The molecule has 0 spiro atoms. The second-order valence-corrected chi connectivity index (χ2v) is 7.28. The maximum atomic E-state index is 12.0. The predicted octanol–water partition coefficient (Wildman–Crippen LogP) is 3.37. The van der Waals surface area contributed by atoms with E-state index in [1.807, 2.05) is 31.2 Å². The molecule has 2 rings (SSSR count). The molecule has 29 heavy (non-hydrogen) atoms. The molecule has 0 radical (unpaired) electrons. The van der Waals surface area contributed by atoms with Crippen molar-refractivity contribution >= 4 is 35.8 Å². The highest BCUT2D eigenvalue weighted by molar-refractivity contribution is 14.0. The third kappa shape index (κ3) is 8.90. The Balaban J connectivity index is 0.00000420. The summed E-state index contributed by atoms with van der Waals surface area (Å²) in [5, 5.41) is 9.61. The Morgan fingerprint density at radius 3 is 2.66 bits per heavy atom. The number of amides is 1. The van der Waals surface area contributed by atoms with E-state index in [4.69, 9.17) is 4.99 Å². The fraction of sp³-hybridized carbons (Fsp3) is 0.636. The predicted molar refractivity (Wildman–Crippen MR) is 132 cm³/mol. The number of carbonyl (C=O) groups is 1. The second kappa shape index (κ2) is 14.6. The number of guanidine groups is 1. The van der Waals surface area contributed by atoms with Gasteiger partial charge in [-0.1, -0.05) is 25.5 Å². The minimum atomic E-state index is -0.0367. The van der Waals surface area contributed by atoms with Gasteiger partial charge in [-0.2, -0.15) is 0 Å². The zero-order chi connectivity index (χ0) is 20.2. The summed E-state index contributed by atoms with van der Waals surface area (Å²) in [5.74, 6) is 0.793. The van der Waals surface area contributed by atoms with Crippen LogP contribution in [0.2, 0.25) is 0 Å². The lowest BCUT2D eigenvalue weighted by Gasteiger charge is -2.35. The standard InChI is InChI=1S/C22H37N5O.HI/c1-4-20-12-7-8-14-27(20)15-13-25-22(24-6-3)26-17-18-10-9-11-19(16-18)21(28)23-5-2;/h9-11,16,20H,4-8,12-15,17H2,1-3H3,(H,23,28)(H2,24,25,26);1H. The average molecular weight is 515 g/mol. The first-order chi connectivity index (χ1) is 13.7. The summed E-state index contributed by atoms with van der Waals surface area (Å²) < 4.78 is 0. The van der Waals surface area contributed by atoms with E-state index in [1.165, 1.54) is 32.2 Å². The Labute approximate surface area is 193 Å². The Hall–Kier alpha value is -1.35. The van der Waals surface area contributed by atoms with E-state index >= 15 is 0 Å². The average Bonchev–Trinajstić information content (AvgIpc) is 2.72. The molecule has 1 aliphatic rings. The molecule has 1 heterocycles. The van der Waals surface area contributed by atoms with Crippen LogP contribution in [0.1, 0.15) is 62.4 Å². The van der Waals surface area contributed by atoms with Crippen LogP contribution in [-0.4, -0.2) is 55.5 Å². The molecule has 1 aliphatic heterocycles. The lowest BCUT2D eigenvalue weighted by atomic mass is 10.0. The summed E-state index contributed by atoms with van der Waals surface area (Å²) in [6.45, 7) is 11.4. The second-order valence-electron chi connectivity index (χ2n) is 7.28. The minimum Gasteiger partial charge on any atom is -0.357 e. The zero-order valence-corrected chi connectivity index (χ0v) is 20.5. The monoisotopic (exact) mass is 515 g/mol. The molecule has 7 heteroatoms. The fourth-order valence-electron chi connectivity index (χ4n) is 3.72. The van der Waals surface area contributed by atoms with Gasteiger partial charge in [-0.05, 0) is 57.4 Å². The highest BCUT2D eigenvalue weighted by Crippen LogP contribution is 2.18. The molecule has 0 saturated carbocycles. The van der Waals surface area contributed by atoms with E-state index in [-0.39, 0.29) is 29.9 Å².